The molecule has 1 aromatic rings. The third-order valence-corrected chi connectivity index (χ3v) is 1.14. The van der Waals surface area contributed by atoms with E-state index in [1.54, 1.807) is 0 Å². The molecule has 0 saturated carbocycles. The first-order valence-corrected chi connectivity index (χ1v) is 2.74. The molecule has 0 fully saturated rings. The molecule has 0 aliphatic rings. The van der Waals surface area contributed by atoms with E-state index in [0.29, 0.717) is 0 Å². The van der Waals surface area contributed by atoms with Gasteiger partial charge in [-0.2, -0.15) is 0 Å². The fraction of sp³-hybridized carbons (Fsp3) is 0. The van der Waals surface area contributed by atoms with E-state index in [2.05, 4.69) is 0 Å². The average Bonchev–Trinajstić information content (AvgIpc) is 1.85. The number of para-hydroxylation sites is 1. The number of nitrogens with zero attached hydrogens (tertiary/aromatic N) is 1. The van der Waals surface area contributed by atoms with Crippen LogP contribution in [0.1, 0.15) is 0 Å². The zero-order valence-corrected chi connectivity index (χ0v) is 9.70. The van der Waals surface area contributed by atoms with Crippen molar-refractivity contribution in [3.63, 3.8) is 0 Å². The molecule has 6 heteroatoms. The molecule has 0 aliphatic heterocycles. The van der Waals surface area contributed by atoms with Crippen LogP contribution in [0.25, 0.3) is 0 Å². The summed E-state index contributed by atoms with van der Waals surface area (Å²) in [5.41, 5.74) is -0.882. The summed E-state index contributed by atoms with van der Waals surface area (Å²) in [5.74, 6) is -1.69. The van der Waals surface area contributed by atoms with E-state index in [0.717, 1.165) is 12.1 Å². The van der Waals surface area contributed by atoms with E-state index >= 15 is 0 Å². The molecule has 0 amide bonds. The van der Waals surface area contributed by atoms with E-state index in [4.69, 9.17) is 0 Å². The third-order valence-electron chi connectivity index (χ3n) is 1.14. The topological polar surface area (TPSA) is 89.3 Å². The first-order chi connectivity index (χ1) is 5.13. The molecule has 0 unspecified atom stereocenters. The standard InChI is InChI=1S/C6H5NO4.Pb/c8-4-2-1-3-5(9)6(4)7(10)11;/h1-3,8-9H;/q;+2/p-2. The van der Waals surface area contributed by atoms with Gasteiger partial charge < -0.3 is 10.2 Å². The zero-order chi connectivity index (χ0) is 8.43. The summed E-state index contributed by atoms with van der Waals surface area (Å²) in [7, 11) is 0. The van der Waals surface area contributed by atoms with Crippen LogP contribution >= 0.6 is 0 Å². The second kappa shape index (κ2) is 4.24. The maximum absolute atomic E-state index is 10.6. The summed E-state index contributed by atoms with van der Waals surface area (Å²) in [6, 6.07) is 3.16. The first-order valence-electron chi connectivity index (χ1n) is 2.74. The summed E-state index contributed by atoms with van der Waals surface area (Å²) >= 11 is 0. The van der Waals surface area contributed by atoms with E-state index in [9.17, 15) is 20.3 Å². The summed E-state index contributed by atoms with van der Waals surface area (Å²) in [6.07, 6.45) is 0. The summed E-state index contributed by atoms with van der Waals surface area (Å²) in [4.78, 5) is 9.08. The van der Waals surface area contributed by atoms with Gasteiger partial charge in [-0.05, 0) is 11.5 Å². The molecular formula is C6H3NO4Pb. The van der Waals surface area contributed by atoms with E-state index in [-0.39, 0.29) is 27.3 Å². The predicted octanol–water partition coefficient (Wildman–Crippen LogP) is -0.639. The Bertz CT molecular complexity index is 281. The van der Waals surface area contributed by atoms with Gasteiger partial charge in [-0.3, -0.25) is 10.1 Å². The molecule has 12 heavy (non-hydrogen) atoms. The van der Waals surface area contributed by atoms with Crippen LogP contribution in [-0.4, -0.2) is 32.2 Å². The van der Waals surface area contributed by atoms with Crippen LogP contribution in [0.3, 0.4) is 0 Å². The fourth-order valence-electron chi connectivity index (χ4n) is 0.682. The minimum Gasteiger partial charge on any atom is -0.868 e. The van der Waals surface area contributed by atoms with Gasteiger partial charge in [0.1, 0.15) is 0 Å². The van der Waals surface area contributed by atoms with Crippen LogP contribution in [0.4, 0.5) is 5.69 Å². The Kier molecular flexibility index (Phi) is 3.94. The third kappa shape index (κ3) is 2.06. The van der Waals surface area contributed by atoms with Gasteiger partial charge in [-0.15, -0.1) is 0 Å². The fourth-order valence-corrected chi connectivity index (χ4v) is 0.682. The van der Waals surface area contributed by atoms with Crippen molar-refractivity contribution in [3.8, 4) is 11.5 Å². The average molecular weight is 360 g/mol. The Morgan fingerprint density at radius 1 is 1.17 bits per heavy atom. The van der Waals surface area contributed by atoms with Gasteiger partial charge in [0, 0.05) is 0 Å². The molecular weight excluding hydrogens is 357 g/mol. The van der Waals surface area contributed by atoms with Crippen LogP contribution in [0.15, 0.2) is 18.2 Å². The Hall–Kier alpha value is -0.858. The summed E-state index contributed by atoms with van der Waals surface area (Å²) < 4.78 is 0. The number of nitro groups is 1. The predicted molar refractivity (Wildman–Crippen MR) is 37.7 cm³/mol. The van der Waals surface area contributed by atoms with Crippen molar-refractivity contribution in [3.05, 3.63) is 28.3 Å². The summed E-state index contributed by atoms with van der Waals surface area (Å²) in [6.45, 7) is 0. The largest absolute Gasteiger partial charge is 2.00 e. The number of hydrogen-bond donors (Lipinski definition) is 0. The normalized spacial score (nSPS) is 8.67. The zero-order valence-electron chi connectivity index (χ0n) is 5.81. The van der Waals surface area contributed by atoms with Crippen LogP contribution in [-0.2, 0) is 0 Å². The Morgan fingerprint density at radius 2 is 1.58 bits per heavy atom. The van der Waals surface area contributed by atoms with E-state index in [1.165, 1.54) is 6.07 Å². The smallest absolute Gasteiger partial charge is 0.868 e. The molecule has 0 N–H and O–H groups in total. The molecule has 1 rings (SSSR count). The molecule has 0 heterocycles. The van der Waals surface area contributed by atoms with Crippen LogP contribution in [0, 0.1) is 10.1 Å². The van der Waals surface area contributed by atoms with Gasteiger partial charge in [-0.25, -0.2) is 0 Å². The minimum absolute atomic E-state index is 0. The molecule has 1 aromatic carbocycles. The number of nitro benzene ring substituents is 1. The Morgan fingerprint density at radius 3 is 1.83 bits per heavy atom. The molecule has 0 saturated heterocycles. The summed E-state index contributed by atoms with van der Waals surface area (Å²) in [5, 5.41) is 31.3. The van der Waals surface area contributed by atoms with Crippen molar-refractivity contribution in [1.29, 1.82) is 0 Å². The molecule has 0 bridgehead atoms. The quantitative estimate of drug-likeness (QED) is 0.379. The van der Waals surface area contributed by atoms with Crippen molar-refractivity contribution in [2.24, 2.45) is 0 Å². The van der Waals surface area contributed by atoms with Crippen LogP contribution in [0.5, 0.6) is 11.5 Å². The van der Waals surface area contributed by atoms with Crippen LogP contribution < -0.4 is 10.2 Å². The molecule has 5 nitrogen and oxygen atoms in total. The van der Waals surface area contributed by atoms with Gasteiger partial charge in [0.25, 0.3) is 5.69 Å². The number of hydrogen-bond acceptors (Lipinski definition) is 4. The van der Waals surface area contributed by atoms with Crippen molar-refractivity contribution in [2.75, 3.05) is 0 Å². The van der Waals surface area contributed by atoms with Crippen molar-refractivity contribution in [2.45, 2.75) is 0 Å². The molecule has 0 spiro atoms. The maximum Gasteiger partial charge on any atom is 2.00 e. The monoisotopic (exact) mass is 361 g/mol. The minimum atomic E-state index is -0.968. The van der Waals surface area contributed by atoms with Gasteiger partial charge >= 0.3 is 27.3 Å². The van der Waals surface area contributed by atoms with Gasteiger partial charge in [-0.1, -0.05) is 18.2 Å². The van der Waals surface area contributed by atoms with Gasteiger partial charge in [0.05, 0.1) is 4.92 Å². The Balaban J connectivity index is 0.00000121. The van der Waals surface area contributed by atoms with Crippen molar-refractivity contribution in [1.82, 2.24) is 0 Å². The molecule has 0 aliphatic carbocycles. The van der Waals surface area contributed by atoms with Gasteiger partial charge in [0.15, 0.2) is 0 Å². The van der Waals surface area contributed by atoms with Gasteiger partial charge in [0.2, 0.25) is 0 Å². The van der Waals surface area contributed by atoms with Crippen molar-refractivity contribution >= 4 is 33.0 Å². The number of benzene rings is 1. The maximum atomic E-state index is 10.6. The Labute approximate surface area is 88.0 Å². The van der Waals surface area contributed by atoms with E-state index in [1.807, 2.05) is 0 Å². The van der Waals surface area contributed by atoms with E-state index < -0.39 is 22.1 Å². The molecule has 60 valence electrons. The first kappa shape index (κ1) is 11.1. The van der Waals surface area contributed by atoms with Crippen molar-refractivity contribution < 1.29 is 15.1 Å². The molecule has 2 radical (unpaired) electrons. The second-order valence-corrected chi connectivity index (χ2v) is 1.86. The molecule has 0 atom stereocenters. The SMILES string of the molecule is O=[N+]([O-])c1c([O-])cccc1[O-].[Pb+2]. The number of rotatable bonds is 1. The second-order valence-electron chi connectivity index (χ2n) is 1.86. The molecule has 0 aromatic heterocycles. The van der Waals surface area contributed by atoms with Crippen LogP contribution in [0.2, 0.25) is 0 Å².